The van der Waals surface area contributed by atoms with Gasteiger partial charge in [-0.3, -0.25) is 13.8 Å². The zero-order valence-electron chi connectivity index (χ0n) is 58.4. The number of aliphatic hydroxyl groups is 1. The lowest BCUT2D eigenvalue weighted by atomic mass is 10.0. The van der Waals surface area contributed by atoms with Crippen LogP contribution in [-0.4, -0.2) is 73.4 Å². The van der Waals surface area contributed by atoms with Crippen molar-refractivity contribution in [1.82, 2.24) is 5.32 Å². The third-order valence-corrected chi connectivity index (χ3v) is 17.5. The lowest BCUT2D eigenvalue weighted by molar-refractivity contribution is -0.870. The van der Waals surface area contributed by atoms with E-state index in [2.05, 4.69) is 116 Å². The predicted octanol–water partition coefficient (Wildman–Crippen LogP) is 24.2. The van der Waals surface area contributed by atoms with E-state index >= 15 is 0 Å². The summed E-state index contributed by atoms with van der Waals surface area (Å²) in [6.07, 6.45) is 101. The van der Waals surface area contributed by atoms with Crippen molar-refractivity contribution >= 4 is 13.7 Å². The minimum atomic E-state index is -4.36. The maximum absolute atomic E-state index is 13.1. The van der Waals surface area contributed by atoms with Crippen molar-refractivity contribution in [3.63, 3.8) is 0 Å². The molecule has 8 nitrogen and oxygen atoms in total. The molecule has 0 aromatic rings. The minimum absolute atomic E-state index is 0.0595. The van der Waals surface area contributed by atoms with Gasteiger partial charge >= 0.3 is 7.82 Å². The van der Waals surface area contributed by atoms with E-state index in [-0.39, 0.29) is 19.1 Å². The van der Waals surface area contributed by atoms with Crippen molar-refractivity contribution in [3.05, 3.63) is 109 Å². The van der Waals surface area contributed by atoms with Gasteiger partial charge in [0.1, 0.15) is 13.2 Å². The molecule has 0 rings (SSSR count). The normalized spacial score (nSPS) is 14.2. The Balaban J connectivity index is 4.02. The number of carbonyl (C=O) groups is 1. The molecule has 0 saturated carbocycles. The third kappa shape index (κ3) is 70.6. The third-order valence-electron chi connectivity index (χ3n) is 16.5. The van der Waals surface area contributed by atoms with Gasteiger partial charge < -0.3 is 19.8 Å². The summed E-state index contributed by atoms with van der Waals surface area (Å²) in [7, 11) is 1.58. The van der Waals surface area contributed by atoms with Crippen LogP contribution >= 0.6 is 7.82 Å². The average molecular weight is 1250 g/mol. The molecule has 0 fully saturated rings. The van der Waals surface area contributed by atoms with E-state index in [1.165, 1.54) is 225 Å². The van der Waals surface area contributed by atoms with Crippen molar-refractivity contribution in [3.8, 4) is 0 Å². The van der Waals surface area contributed by atoms with Gasteiger partial charge in [-0.25, -0.2) is 4.57 Å². The van der Waals surface area contributed by atoms with Crippen LogP contribution in [-0.2, 0) is 18.4 Å². The lowest BCUT2D eigenvalue weighted by Crippen LogP contribution is -2.45. The topological polar surface area (TPSA) is 105 Å². The molecule has 0 aliphatic carbocycles. The van der Waals surface area contributed by atoms with Crippen molar-refractivity contribution < 1.29 is 32.9 Å². The fraction of sp³-hybridized carbons (Fsp3) is 0.759. The molecule has 0 bridgehead atoms. The number of likely N-dealkylation sites (N-methyl/N-ethyl adjacent to an activating group) is 1. The van der Waals surface area contributed by atoms with Crippen LogP contribution in [0.3, 0.4) is 0 Å². The Morgan fingerprint density at radius 2 is 0.682 bits per heavy atom. The molecular formula is C79H144N2O6P+. The minimum Gasteiger partial charge on any atom is -0.387 e. The van der Waals surface area contributed by atoms with Gasteiger partial charge in [0.25, 0.3) is 0 Å². The van der Waals surface area contributed by atoms with Crippen LogP contribution < -0.4 is 5.32 Å². The Morgan fingerprint density at radius 1 is 0.398 bits per heavy atom. The van der Waals surface area contributed by atoms with E-state index in [1.54, 1.807) is 6.08 Å². The standard InChI is InChI=1S/C79H143N2O6P/c1-6-8-10-12-14-16-18-20-22-24-26-28-30-32-33-34-35-36-37-38-39-40-41-42-43-44-45-46-47-49-51-53-55-57-59-61-63-65-67-69-71-73-79(83)80-77(76-87-88(84,85)86-75-74-81(3,4)5)78(82)72-70-68-66-64-62-60-58-56-54-52-50-48-31-29-27-25-23-21-19-17-15-13-11-9-7-2/h8,10,14,16,20,22,26,28,32-33,35-36,38-39,41-42,70,72,77-78,82H,6-7,9,11-13,15,17-19,21,23-25,27,29-31,34,37,40,43-69,71,73-76H2,1-5H3,(H-,80,83,84,85)/p+1/b10-8-,16-14-,22-20-,28-26-,33-32-,36-35-,39-38-,42-41-,72-70+. The van der Waals surface area contributed by atoms with Crippen LogP contribution in [0.5, 0.6) is 0 Å². The molecule has 0 aliphatic heterocycles. The first-order valence-corrected chi connectivity index (χ1v) is 38.8. The summed E-state index contributed by atoms with van der Waals surface area (Å²) in [6.45, 7) is 4.74. The van der Waals surface area contributed by atoms with Crippen LogP contribution in [0.15, 0.2) is 109 Å². The smallest absolute Gasteiger partial charge is 0.387 e. The van der Waals surface area contributed by atoms with Gasteiger partial charge in [0, 0.05) is 6.42 Å². The monoisotopic (exact) mass is 1250 g/mol. The molecule has 3 N–H and O–H groups in total. The highest BCUT2D eigenvalue weighted by atomic mass is 31.2. The number of hydrogen-bond acceptors (Lipinski definition) is 5. The summed E-state index contributed by atoms with van der Waals surface area (Å²) < 4.78 is 23.8. The largest absolute Gasteiger partial charge is 0.472 e. The number of carbonyl (C=O) groups excluding carboxylic acids is 1. The first kappa shape index (κ1) is 85.2. The summed E-state index contributed by atoms with van der Waals surface area (Å²) in [4.78, 5) is 23.5. The molecule has 0 spiro atoms. The van der Waals surface area contributed by atoms with Gasteiger partial charge in [0.2, 0.25) is 5.91 Å². The Bertz CT molecular complexity index is 1810. The number of nitrogens with one attached hydrogen (secondary N) is 1. The number of nitrogens with zero attached hydrogens (tertiary/aromatic N) is 1. The molecule has 1 amide bonds. The molecular weight excluding hydrogens is 1100 g/mol. The maximum atomic E-state index is 13.1. The highest BCUT2D eigenvalue weighted by Gasteiger charge is 2.28. The zero-order valence-corrected chi connectivity index (χ0v) is 59.3. The van der Waals surface area contributed by atoms with E-state index in [4.69, 9.17) is 9.05 Å². The second-order valence-corrected chi connectivity index (χ2v) is 27.7. The maximum Gasteiger partial charge on any atom is 0.472 e. The molecule has 0 aromatic carbocycles. The number of quaternary nitrogens is 1. The summed E-state index contributed by atoms with van der Waals surface area (Å²) in [6, 6.07) is -0.853. The second-order valence-electron chi connectivity index (χ2n) is 26.3. The molecule has 0 saturated heterocycles. The molecule has 0 heterocycles. The number of allylic oxidation sites excluding steroid dienone is 17. The van der Waals surface area contributed by atoms with Crippen molar-refractivity contribution in [2.24, 2.45) is 0 Å². The SMILES string of the molecule is CC/C=C\C/C=C\C/C=C\C/C=C\C/C=C\C/C=C\C/C=C\C/C=C\CCCCCCCCCCCCCCCCCCC(=O)NC(COP(=O)(O)OCC[N+](C)(C)C)C(O)/C=C/CCCCCCCCCCCCCCCCCCCCCCCCC. The van der Waals surface area contributed by atoms with Crippen molar-refractivity contribution in [1.29, 1.82) is 0 Å². The van der Waals surface area contributed by atoms with Crippen LogP contribution in [0, 0.1) is 0 Å². The molecule has 88 heavy (non-hydrogen) atoms. The fourth-order valence-electron chi connectivity index (χ4n) is 10.8. The number of amides is 1. The molecule has 0 aliphatic rings. The zero-order chi connectivity index (χ0) is 64.1. The molecule has 510 valence electrons. The molecule has 3 unspecified atom stereocenters. The summed E-state index contributed by atoms with van der Waals surface area (Å²) in [5.41, 5.74) is 0. The van der Waals surface area contributed by atoms with Gasteiger partial charge in [0.15, 0.2) is 0 Å². The summed E-state index contributed by atoms with van der Waals surface area (Å²) in [5.74, 6) is -0.175. The molecule has 9 heteroatoms. The number of phosphoric ester groups is 1. The Hall–Kier alpha value is -2.84. The van der Waals surface area contributed by atoms with E-state index in [0.717, 1.165) is 89.9 Å². The first-order chi connectivity index (χ1) is 43.0. The summed E-state index contributed by atoms with van der Waals surface area (Å²) in [5, 5.41) is 14.0. The van der Waals surface area contributed by atoms with Gasteiger partial charge in [-0.15, -0.1) is 0 Å². The van der Waals surface area contributed by atoms with Crippen LogP contribution in [0.2, 0.25) is 0 Å². The first-order valence-electron chi connectivity index (χ1n) is 37.3. The number of rotatable bonds is 68. The summed E-state index contributed by atoms with van der Waals surface area (Å²) >= 11 is 0. The van der Waals surface area contributed by atoms with E-state index in [0.29, 0.717) is 17.4 Å². The van der Waals surface area contributed by atoms with Crippen molar-refractivity contribution in [2.45, 2.75) is 347 Å². The molecule has 0 aromatic heterocycles. The Labute approximate surface area is 546 Å². The van der Waals surface area contributed by atoms with E-state index < -0.39 is 20.0 Å². The number of aliphatic hydroxyl groups excluding tert-OH is 1. The Kier molecular flexibility index (Phi) is 66.3. The van der Waals surface area contributed by atoms with Gasteiger partial charge in [-0.2, -0.15) is 0 Å². The van der Waals surface area contributed by atoms with Gasteiger partial charge in [-0.05, 0) is 83.5 Å². The second kappa shape index (κ2) is 68.5. The van der Waals surface area contributed by atoms with Gasteiger partial charge in [-0.1, -0.05) is 354 Å². The molecule has 0 radical (unpaired) electrons. The van der Waals surface area contributed by atoms with E-state index in [9.17, 15) is 19.4 Å². The van der Waals surface area contributed by atoms with Crippen LogP contribution in [0.25, 0.3) is 0 Å². The van der Waals surface area contributed by atoms with Crippen LogP contribution in [0.1, 0.15) is 335 Å². The van der Waals surface area contributed by atoms with Gasteiger partial charge in [0.05, 0.1) is 39.9 Å². The van der Waals surface area contributed by atoms with E-state index in [1.807, 2.05) is 27.2 Å². The molecule has 3 atom stereocenters. The number of unbranched alkanes of at least 4 members (excludes halogenated alkanes) is 39. The van der Waals surface area contributed by atoms with Crippen LogP contribution in [0.4, 0.5) is 0 Å². The lowest BCUT2D eigenvalue weighted by Gasteiger charge is -2.25. The number of hydrogen-bond donors (Lipinski definition) is 3. The Morgan fingerprint density at radius 3 is 1.00 bits per heavy atom. The van der Waals surface area contributed by atoms with Crippen molar-refractivity contribution in [2.75, 3.05) is 40.9 Å². The highest BCUT2D eigenvalue weighted by molar-refractivity contribution is 7.47. The number of phosphoric acid groups is 1. The fourth-order valence-corrected chi connectivity index (χ4v) is 11.5. The quantitative estimate of drug-likeness (QED) is 0.0243. The average Bonchev–Trinajstić information content (AvgIpc) is 3.71. The highest BCUT2D eigenvalue weighted by Crippen LogP contribution is 2.43. The predicted molar refractivity (Wildman–Crippen MR) is 387 cm³/mol.